The van der Waals surface area contributed by atoms with Gasteiger partial charge in [0.15, 0.2) is 0 Å². The lowest BCUT2D eigenvalue weighted by atomic mass is 9.64. The van der Waals surface area contributed by atoms with Crippen molar-refractivity contribution in [1.82, 2.24) is 5.32 Å². The van der Waals surface area contributed by atoms with E-state index < -0.39 is 0 Å². The predicted molar refractivity (Wildman–Crippen MR) is 63.8 cm³/mol. The summed E-state index contributed by atoms with van der Waals surface area (Å²) in [5.41, 5.74) is 0.0607. The van der Waals surface area contributed by atoms with Crippen LogP contribution < -0.4 is 5.32 Å². The summed E-state index contributed by atoms with van der Waals surface area (Å²) in [5.74, 6) is 2.35. The monoisotopic (exact) mass is 217 g/mol. The molecule has 2 N–H and O–H groups in total. The van der Waals surface area contributed by atoms with Crippen molar-refractivity contribution >= 4 is 11.8 Å². The van der Waals surface area contributed by atoms with Gasteiger partial charge in [0.1, 0.15) is 0 Å². The highest BCUT2D eigenvalue weighted by Gasteiger charge is 2.47. The molecule has 0 bridgehead atoms. The van der Waals surface area contributed by atoms with Crippen molar-refractivity contribution in [2.45, 2.75) is 52.3 Å². The standard InChI is InChI=1S/C11H23NOS/c1-5-14-7-8(2)12-9-6-10(13)11(9,3)4/h8-10,12-13H,5-7H2,1-4H3. The van der Waals surface area contributed by atoms with Crippen LogP contribution in [0.1, 0.15) is 34.1 Å². The molecule has 0 aromatic carbocycles. The van der Waals surface area contributed by atoms with Gasteiger partial charge in [-0.2, -0.15) is 11.8 Å². The summed E-state index contributed by atoms with van der Waals surface area (Å²) in [5, 5.41) is 13.2. The van der Waals surface area contributed by atoms with Gasteiger partial charge in [-0.15, -0.1) is 0 Å². The van der Waals surface area contributed by atoms with Gasteiger partial charge in [-0.05, 0) is 19.1 Å². The average molecular weight is 217 g/mol. The first kappa shape index (κ1) is 12.3. The summed E-state index contributed by atoms with van der Waals surface area (Å²) >= 11 is 1.97. The zero-order valence-electron chi connectivity index (χ0n) is 9.71. The molecule has 3 atom stereocenters. The Morgan fingerprint density at radius 2 is 2.21 bits per heavy atom. The third-order valence-electron chi connectivity index (χ3n) is 3.27. The molecule has 84 valence electrons. The average Bonchev–Trinajstić information content (AvgIpc) is 2.14. The van der Waals surface area contributed by atoms with E-state index in [2.05, 4.69) is 33.0 Å². The molecule has 0 amide bonds. The Morgan fingerprint density at radius 1 is 1.57 bits per heavy atom. The second kappa shape index (κ2) is 4.86. The SMILES string of the molecule is CCSCC(C)NC1CC(O)C1(C)C. The van der Waals surface area contributed by atoms with Gasteiger partial charge in [0, 0.05) is 23.3 Å². The van der Waals surface area contributed by atoms with E-state index in [1.807, 2.05) is 11.8 Å². The molecule has 1 aliphatic carbocycles. The van der Waals surface area contributed by atoms with Gasteiger partial charge in [0.25, 0.3) is 0 Å². The van der Waals surface area contributed by atoms with E-state index in [1.165, 1.54) is 11.5 Å². The van der Waals surface area contributed by atoms with E-state index >= 15 is 0 Å². The third-order valence-corrected chi connectivity index (χ3v) is 4.42. The molecular formula is C11H23NOS. The number of thioether (sulfide) groups is 1. The first-order chi connectivity index (χ1) is 6.48. The first-order valence-electron chi connectivity index (χ1n) is 5.50. The molecule has 1 rings (SSSR count). The van der Waals surface area contributed by atoms with Crippen LogP contribution in [0.4, 0.5) is 0 Å². The van der Waals surface area contributed by atoms with Crippen LogP contribution in [-0.4, -0.2) is 34.8 Å². The fourth-order valence-electron chi connectivity index (χ4n) is 1.87. The molecule has 0 radical (unpaired) electrons. The number of nitrogens with one attached hydrogen (secondary N) is 1. The Morgan fingerprint density at radius 3 is 2.64 bits per heavy atom. The van der Waals surface area contributed by atoms with Gasteiger partial charge in [0.05, 0.1) is 6.10 Å². The van der Waals surface area contributed by atoms with E-state index in [-0.39, 0.29) is 11.5 Å². The predicted octanol–water partition coefficient (Wildman–Crippen LogP) is 1.88. The number of rotatable bonds is 5. The topological polar surface area (TPSA) is 32.3 Å². The van der Waals surface area contributed by atoms with Gasteiger partial charge in [-0.25, -0.2) is 0 Å². The molecule has 14 heavy (non-hydrogen) atoms. The van der Waals surface area contributed by atoms with E-state index in [4.69, 9.17) is 0 Å². The highest BCUT2D eigenvalue weighted by molar-refractivity contribution is 7.99. The number of hydrogen-bond acceptors (Lipinski definition) is 3. The van der Waals surface area contributed by atoms with E-state index in [1.54, 1.807) is 0 Å². The molecule has 3 unspecified atom stereocenters. The summed E-state index contributed by atoms with van der Waals surface area (Å²) in [6.07, 6.45) is 0.791. The van der Waals surface area contributed by atoms with Crippen LogP contribution in [0.5, 0.6) is 0 Å². The molecular weight excluding hydrogens is 194 g/mol. The summed E-state index contributed by atoms with van der Waals surface area (Å²) in [4.78, 5) is 0. The Bertz CT molecular complexity index is 184. The molecule has 0 aromatic rings. The van der Waals surface area contributed by atoms with Gasteiger partial charge >= 0.3 is 0 Å². The third kappa shape index (κ3) is 2.65. The Hall–Kier alpha value is 0.270. The minimum atomic E-state index is -0.119. The fourth-order valence-corrected chi connectivity index (χ4v) is 2.56. The summed E-state index contributed by atoms with van der Waals surface area (Å²) in [7, 11) is 0. The summed E-state index contributed by atoms with van der Waals surface area (Å²) in [6, 6.07) is 1.04. The lowest BCUT2D eigenvalue weighted by molar-refractivity contribution is -0.0745. The van der Waals surface area contributed by atoms with E-state index in [0.29, 0.717) is 12.1 Å². The minimum Gasteiger partial charge on any atom is -0.392 e. The highest BCUT2D eigenvalue weighted by atomic mass is 32.2. The molecule has 3 heteroatoms. The van der Waals surface area contributed by atoms with E-state index in [9.17, 15) is 5.11 Å². The van der Waals surface area contributed by atoms with Crippen LogP contribution >= 0.6 is 11.8 Å². The normalized spacial score (nSPS) is 32.4. The zero-order valence-corrected chi connectivity index (χ0v) is 10.5. The maximum atomic E-state index is 9.59. The lowest BCUT2D eigenvalue weighted by Gasteiger charge is -2.50. The fraction of sp³-hybridized carbons (Fsp3) is 1.00. The van der Waals surface area contributed by atoms with Gasteiger partial charge < -0.3 is 10.4 Å². The first-order valence-corrected chi connectivity index (χ1v) is 6.65. The molecule has 0 aromatic heterocycles. The maximum absolute atomic E-state index is 9.59. The van der Waals surface area contributed by atoms with Gasteiger partial charge in [0.2, 0.25) is 0 Å². The second-order valence-corrected chi connectivity index (χ2v) is 6.17. The Kier molecular flexibility index (Phi) is 4.29. The number of hydrogen-bond donors (Lipinski definition) is 2. The van der Waals surface area contributed by atoms with Crippen molar-refractivity contribution in [3.05, 3.63) is 0 Å². The number of aliphatic hydroxyl groups is 1. The largest absolute Gasteiger partial charge is 0.392 e. The van der Waals surface area contributed by atoms with Gasteiger partial charge in [-0.3, -0.25) is 0 Å². The van der Waals surface area contributed by atoms with Crippen LogP contribution in [0.25, 0.3) is 0 Å². The van der Waals surface area contributed by atoms with Crippen molar-refractivity contribution in [3.63, 3.8) is 0 Å². The van der Waals surface area contributed by atoms with Crippen LogP contribution in [0.3, 0.4) is 0 Å². The van der Waals surface area contributed by atoms with Crippen molar-refractivity contribution in [2.75, 3.05) is 11.5 Å². The van der Waals surface area contributed by atoms with Crippen molar-refractivity contribution < 1.29 is 5.11 Å². The molecule has 0 spiro atoms. The van der Waals surface area contributed by atoms with Crippen molar-refractivity contribution in [2.24, 2.45) is 5.41 Å². The highest BCUT2D eigenvalue weighted by Crippen LogP contribution is 2.40. The van der Waals surface area contributed by atoms with Crippen LogP contribution in [0.15, 0.2) is 0 Å². The summed E-state index contributed by atoms with van der Waals surface area (Å²) in [6.45, 7) is 8.69. The Balaban J connectivity index is 2.25. The molecule has 0 aliphatic heterocycles. The van der Waals surface area contributed by atoms with Crippen LogP contribution in [0, 0.1) is 5.41 Å². The molecule has 1 aliphatic rings. The van der Waals surface area contributed by atoms with Crippen LogP contribution in [-0.2, 0) is 0 Å². The summed E-state index contributed by atoms with van der Waals surface area (Å²) < 4.78 is 0. The van der Waals surface area contributed by atoms with Crippen molar-refractivity contribution in [1.29, 1.82) is 0 Å². The lowest BCUT2D eigenvalue weighted by Crippen LogP contribution is -2.61. The second-order valence-electron chi connectivity index (χ2n) is 4.85. The molecule has 0 saturated heterocycles. The molecule has 1 fully saturated rings. The quantitative estimate of drug-likeness (QED) is 0.737. The minimum absolute atomic E-state index is 0.0607. The molecule has 1 saturated carbocycles. The smallest absolute Gasteiger partial charge is 0.0621 e. The number of aliphatic hydroxyl groups excluding tert-OH is 1. The van der Waals surface area contributed by atoms with Crippen molar-refractivity contribution in [3.8, 4) is 0 Å². The molecule has 0 heterocycles. The van der Waals surface area contributed by atoms with Crippen LogP contribution in [0.2, 0.25) is 0 Å². The zero-order chi connectivity index (χ0) is 10.8. The molecule has 2 nitrogen and oxygen atoms in total. The van der Waals surface area contributed by atoms with E-state index in [0.717, 1.165) is 6.42 Å². The Labute approximate surface area is 91.9 Å². The maximum Gasteiger partial charge on any atom is 0.0621 e. The van der Waals surface area contributed by atoms with Gasteiger partial charge in [-0.1, -0.05) is 20.8 Å².